The van der Waals surface area contributed by atoms with Crippen molar-refractivity contribution in [2.45, 2.75) is 31.6 Å². The molecule has 0 amide bonds. The molecule has 0 bridgehead atoms. The third kappa shape index (κ3) is 4.30. The Morgan fingerprint density at radius 1 is 1.13 bits per heavy atom. The van der Waals surface area contributed by atoms with Crippen LogP contribution in [0.5, 0.6) is 0 Å². The Bertz CT molecular complexity index is 1210. The lowest BCUT2D eigenvalue weighted by atomic mass is 10.1. The molecular weight excluding hydrogens is 410 g/mol. The molecule has 3 rings (SSSR count). The van der Waals surface area contributed by atoms with Crippen molar-refractivity contribution in [1.29, 1.82) is 0 Å². The van der Waals surface area contributed by atoms with E-state index in [0.29, 0.717) is 23.2 Å². The van der Waals surface area contributed by atoms with Gasteiger partial charge in [0.1, 0.15) is 16.9 Å². The molecule has 1 heterocycles. The van der Waals surface area contributed by atoms with Gasteiger partial charge in [-0.25, -0.2) is 18.0 Å². The van der Waals surface area contributed by atoms with E-state index in [2.05, 4.69) is 4.72 Å². The first-order chi connectivity index (χ1) is 14.3. The fourth-order valence-electron chi connectivity index (χ4n) is 3.05. The van der Waals surface area contributed by atoms with E-state index in [1.54, 1.807) is 13.0 Å². The molecule has 9 heteroatoms. The zero-order valence-electron chi connectivity index (χ0n) is 16.5. The Labute approximate surface area is 173 Å². The van der Waals surface area contributed by atoms with Gasteiger partial charge in [-0.2, -0.15) is 0 Å². The van der Waals surface area contributed by atoms with Crippen LogP contribution >= 0.6 is 0 Å². The number of sulfonamides is 1. The molecule has 0 aliphatic rings. The van der Waals surface area contributed by atoms with E-state index in [-0.39, 0.29) is 28.3 Å². The van der Waals surface area contributed by atoms with Crippen LogP contribution in [0.2, 0.25) is 0 Å². The minimum Gasteiger partial charge on any atom is -0.478 e. The minimum atomic E-state index is -4.04. The molecule has 0 aliphatic carbocycles. The summed E-state index contributed by atoms with van der Waals surface area (Å²) < 4.78 is 38.8. The van der Waals surface area contributed by atoms with E-state index >= 15 is 0 Å². The molecule has 0 aliphatic heterocycles. The Kier molecular flexibility index (Phi) is 6.12. The zero-order valence-corrected chi connectivity index (χ0v) is 17.3. The number of carbonyl (C=O) groups excluding carboxylic acids is 1. The smallest absolute Gasteiger partial charge is 0.342 e. The van der Waals surface area contributed by atoms with Crippen LogP contribution in [-0.2, 0) is 21.2 Å². The number of fused-ring (bicyclic) bond motifs is 1. The summed E-state index contributed by atoms with van der Waals surface area (Å²) in [5.41, 5.74) is 0.787. The van der Waals surface area contributed by atoms with Crippen molar-refractivity contribution in [3.63, 3.8) is 0 Å². The van der Waals surface area contributed by atoms with Crippen LogP contribution in [0.15, 0.2) is 51.8 Å². The number of anilines is 1. The fourth-order valence-corrected chi connectivity index (χ4v) is 4.15. The quantitative estimate of drug-likeness (QED) is 0.516. The predicted molar refractivity (Wildman–Crippen MR) is 110 cm³/mol. The van der Waals surface area contributed by atoms with Crippen molar-refractivity contribution in [2.75, 3.05) is 11.3 Å². The highest BCUT2D eigenvalue weighted by molar-refractivity contribution is 7.92. The van der Waals surface area contributed by atoms with Gasteiger partial charge < -0.3 is 14.3 Å². The number of esters is 1. The first-order valence-electron chi connectivity index (χ1n) is 9.35. The standard InChI is InChI=1S/C21H21NO7S/c1-3-6-18-19(21(25)28-4-2)16-12-14(9-10-17(16)29-18)22-30(26,27)15-8-5-7-13(11-15)20(23)24/h5,7-12,22H,3-4,6H2,1-2H3,(H,23,24). The first-order valence-corrected chi connectivity index (χ1v) is 10.8. The lowest BCUT2D eigenvalue weighted by Crippen LogP contribution is -2.13. The number of ether oxygens (including phenoxy) is 1. The summed E-state index contributed by atoms with van der Waals surface area (Å²) >= 11 is 0. The van der Waals surface area contributed by atoms with Crippen molar-refractivity contribution in [2.24, 2.45) is 0 Å². The fraction of sp³-hybridized carbons (Fsp3) is 0.238. The molecule has 0 atom stereocenters. The lowest BCUT2D eigenvalue weighted by Gasteiger charge is -2.09. The topological polar surface area (TPSA) is 123 Å². The lowest BCUT2D eigenvalue weighted by molar-refractivity contribution is 0.0525. The van der Waals surface area contributed by atoms with Gasteiger partial charge in [-0.15, -0.1) is 0 Å². The zero-order chi connectivity index (χ0) is 21.9. The van der Waals surface area contributed by atoms with E-state index in [1.165, 1.54) is 30.3 Å². The summed E-state index contributed by atoms with van der Waals surface area (Å²) in [4.78, 5) is 23.4. The summed E-state index contributed by atoms with van der Waals surface area (Å²) in [6.07, 6.45) is 1.29. The number of hydrogen-bond acceptors (Lipinski definition) is 6. The van der Waals surface area contributed by atoms with Crippen molar-refractivity contribution in [3.05, 3.63) is 59.4 Å². The molecular formula is C21H21NO7S. The average molecular weight is 431 g/mol. The highest BCUT2D eigenvalue weighted by Gasteiger charge is 2.23. The second kappa shape index (κ2) is 8.58. The number of aryl methyl sites for hydroxylation is 1. The van der Waals surface area contributed by atoms with Crippen molar-refractivity contribution >= 4 is 38.6 Å². The normalized spacial score (nSPS) is 11.4. The van der Waals surface area contributed by atoms with Crippen molar-refractivity contribution in [1.82, 2.24) is 0 Å². The Morgan fingerprint density at radius 3 is 2.57 bits per heavy atom. The number of hydrogen-bond donors (Lipinski definition) is 2. The van der Waals surface area contributed by atoms with Gasteiger partial charge in [0, 0.05) is 17.5 Å². The SMILES string of the molecule is CCCc1oc2ccc(NS(=O)(=O)c3cccc(C(=O)O)c3)cc2c1C(=O)OCC. The van der Waals surface area contributed by atoms with E-state index in [0.717, 1.165) is 12.5 Å². The maximum absolute atomic E-state index is 12.7. The van der Waals surface area contributed by atoms with Crippen LogP contribution < -0.4 is 4.72 Å². The Morgan fingerprint density at radius 2 is 1.90 bits per heavy atom. The van der Waals surface area contributed by atoms with Gasteiger partial charge in [-0.3, -0.25) is 4.72 Å². The average Bonchev–Trinajstić information content (AvgIpc) is 3.05. The van der Waals surface area contributed by atoms with E-state index in [4.69, 9.17) is 14.3 Å². The van der Waals surface area contributed by atoms with Crippen LogP contribution in [0.4, 0.5) is 5.69 Å². The van der Waals surface area contributed by atoms with Gasteiger partial charge >= 0.3 is 11.9 Å². The maximum atomic E-state index is 12.7. The number of aromatic carboxylic acids is 1. The van der Waals surface area contributed by atoms with E-state index in [1.807, 2.05) is 6.92 Å². The van der Waals surface area contributed by atoms with Gasteiger partial charge in [0.2, 0.25) is 0 Å². The van der Waals surface area contributed by atoms with E-state index in [9.17, 15) is 18.0 Å². The number of benzene rings is 2. The van der Waals surface area contributed by atoms with Crippen LogP contribution in [0.25, 0.3) is 11.0 Å². The highest BCUT2D eigenvalue weighted by Crippen LogP contribution is 2.31. The molecule has 158 valence electrons. The predicted octanol–water partition coefficient (Wildman–Crippen LogP) is 4.06. The van der Waals surface area contributed by atoms with Gasteiger partial charge in [0.25, 0.3) is 10.0 Å². The van der Waals surface area contributed by atoms with Gasteiger partial charge in [-0.1, -0.05) is 13.0 Å². The molecule has 0 fully saturated rings. The van der Waals surface area contributed by atoms with Crippen LogP contribution in [0.3, 0.4) is 0 Å². The molecule has 30 heavy (non-hydrogen) atoms. The molecule has 2 N–H and O–H groups in total. The molecule has 8 nitrogen and oxygen atoms in total. The van der Waals surface area contributed by atoms with Crippen LogP contribution in [-0.4, -0.2) is 32.1 Å². The molecule has 0 saturated heterocycles. The van der Waals surface area contributed by atoms with Crippen molar-refractivity contribution < 1.29 is 32.3 Å². The number of carbonyl (C=O) groups is 2. The van der Waals surface area contributed by atoms with Gasteiger partial charge in [-0.05, 0) is 49.7 Å². The number of rotatable bonds is 8. The minimum absolute atomic E-state index is 0.142. The molecule has 0 radical (unpaired) electrons. The molecule has 0 unspecified atom stereocenters. The number of furan rings is 1. The number of carboxylic acids is 1. The Hall–Kier alpha value is -3.33. The second-order valence-electron chi connectivity index (χ2n) is 6.52. The highest BCUT2D eigenvalue weighted by atomic mass is 32.2. The molecule has 2 aromatic carbocycles. The summed E-state index contributed by atoms with van der Waals surface area (Å²) in [5.74, 6) is -1.27. The van der Waals surface area contributed by atoms with Crippen molar-refractivity contribution in [3.8, 4) is 0 Å². The van der Waals surface area contributed by atoms with Gasteiger partial charge in [0.05, 0.1) is 17.1 Å². The van der Waals surface area contributed by atoms with Gasteiger partial charge in [0.15, 0.2) is 0 Å². The van der Waals surface area contributed by atoms with Crippen LogP contribution in [0, 0.1) is 0 Å². The molecule has 3 aromatic rings. The third-order valence-electron chi connectivity index (χ3n) is 4.36. The largest absolute Gasteiger partial charge is 0.478 e. The number of carboxylic acid groups (broad SMARTS) is 1. The summed E-state index contributed by atoms with van der Waals surface area (Å²) in [5, 5.41) is 9.53. The first kappa shape index (κ1) is 21.4. The molecule has 1 aromatic heterocycles. The summed E-state index contributed by atoms with van der Waals surface area (Å²) in [7, 11) is -4.04. The monoisotopic (exact) mass is 431 g/mol. The maximum Gasteiger partial charge on any atom is 0.342 e. The van der Waals surface area contributed by atoms with Crippen LogP contribution in [0.1, 0.15) is 46.7 Å². The second-order valence-corrected chi connectivity index (χ2v) is 8.20. The van der Waals surface area contributed by atoms with E-state index < -0.39 is 22.0 Å². The summed E-state index contributed by atoms with van der Waals surface area (Å²) in [6.45, 7) is 3.85. The Balaban J connectivity index is 2.02. The summed E-state index contributed by atoms with van der Waals surface area (Å²) in [6, 6.07) is 9.62. The molecule has 0 spiro atoms. The third-order valence-corrected chi connectivity index (χ3v) is 5.74. The number of nitrogens with one attached hydrogen (secondary N) is 1. The molecule has 0 saturated carbocycles.